The summed E-state index contributed by atoms with van der Waals surface area (Å²) in [5.74, 6) is 0. The van der Waals surface area contributed by atoms with E-state index in [1.54, 1.807) is 6.07 Å². The smallest absolute Gasteiger partial charge is 0.384 e. The van der Waals surface area contributed by atoms with Gasteiger partial charge in [0.1, 0.15) is 0 Å². The Morgan fingerprint density at radius 3 is 2.82 bits per heavy atom. The van der Waals surface area contributed by atoms with Crippen LogP contribution in [0.1, 0.15) is 44.6 Å². The van der Waals surface area contributed by atoms with Crippen LogP contribution in [0.2, 0.25) is 0 Å². The van der Waals surface area contributed by atoms with E-state index in [0.717, 1.165) is 31.7 Å². The number of allylic oxidation sites excluding steroid dienone is 3. The van der Waals surface area contributed by atoms with Crippen molar-refractivity contribution in [2.75, 3.05) is 11.9 Å². The van der Waals surface area contributed by atoms with Gasteiger partial charge in [-0.25, -0.2) is 0 Å². The van der Waals surface area contributed by atoms with Crippen LogP contribution in [-0.4, -0.2) is 17.6 Å². The lowest BCUT2D eigenvalue weighted by atomic mass is 9.97. The van der Waals surface area contributed by atoms with E-state index in [1.807, 2.05) is 6.08 Å². The standard InChI is InChI=1S/C21H27F3N4/c1-2-3-8-17-15-28(27-26-17)18-9-6-7-16(14-18)12-13-25-20-11-5-4-10-19(20)21(22,23)24/h4-7,9-11,15,18,25-27H,2-3,8,12-14H2,1H3. The number of para-hydroxylation sites is 1. The third kappa shape index (κ3) is 5.32. The summed E-state index contributed by atoms with van der Waals surface area (Å²) in [5, 5.41) is 5.00. The van der Waals surface area contributed by atoms with Crippen molar-refractivity contribution in [1.82, 2.24) is 16.0 Å². The number of hydrogen-bond acceptors (Lipinski definition) is 4. The first kappa shape index (κ1) is 20.3. The summed E-state index contributed by atoms with van der Waals surface area (Å²) in [7, 11) is 0. The van der Waals surface area contributed by atoms with Gasteiger partial charge in [0, 0.05) is 24.1 Å². The van der Waals surface area contributed by atoms with Gasteiger partial charge in [0.2, 0.25) is 0 Å². The molecule has 0 saturated carbocycles. The molecular weight excluding hydrogens is 365 g/mol. The van der Waals surface area contributed by atoms with Crippen molar-refractivity contribution >= 4 is 5.69 Å². The quantitative estimate of drug-likeness (QED) is 0.574. The molecule has 0 bridgehead atoms. The molecule has 3 N–H and O–H groups in total. The SMILES string of the molecule is CCCCC1=CN(C2C=CC=C(CCNc3ccccc3C(F)(F)F)C2)NN1. The van der Waals surface area contributed by atoms with E-state index in [9.17, 15) is 13.2 Å². The molecule has 1 aromatic rings. The lowest BCUT2D eigenvalue weighted by Gasteiger charge is -2.27. The Balaban J connectivity index is 1.51. The van der Waals surface area contributed by atoms with E-state index in [4.69, 9.17) is 0 Å². The van der Waals surface area contributed by atoms with E-state index in [0.29, 0.717) is 13.0 Å². The Bertz CT molecular complexity index is 752. The third-order valence-corrected chi connectivity index (χ3v) is 4.93. The maximum atomic E-state index is 13.1. The van der Waals surface area contributed by atoms with Crippen LogP contribution in [0.3, 0.4) is 0 Å². The number of halogens is 3. The van der Waals surface area contributed by atoms with Gasteiger partial charge in [0.05, 0.1) is 11.6 Å². The van der Waals surface area contributed by atoms with Crippen LogP contribution in [0.15, 0.2) is 60.0 Å². The Morgan fingerprint density at radius 2 is 2.04 bits per heavy atom. The second-order valence-electron chi connectivity index (χ2n) is 7.10. The van der Waals surface area contributed by atoms with Crippen molar-refractivity contribution < 1.29 is 13.2 Å². The second kappa shape index (κ2) is 9.19. The Labute approximate surface area is 164 Å². The highest BCUT2D eigenvalue weighted by atomic mass is 19.4. The number of alkyl halides is 3. The number of hydrogen-bond donors (Lipinski definition) is 3. The maximum absolute atomic E-state index is 13.1. The van der Waals surface area contributed by atoms with Crippen molar-refractivity contribution in [3.8, 4) is 0 Å². The van der Waals surface area contributed by atoms with Crippen LogP contribution < -0.4 is 16.3 Å². The molecular formula is C21H27F3N4. The van der Waals surface area contributed by atoms with Gasteiger partial charge < -0.3 is 10.7 Å². The van der Waals surface area contributed by atoms with Crippen LogP contribution in [-0.2, 0) is 6.18 Å². The fourth-order valence-electron chi connectivity index (χ4n) is 3.38. The highest BCUT2D eigenvalue weighted by Crippen LogP contribution is 2.34. The van der Waals surface area contributed by atoms with E-state index < -0.39 is 11.7 Å². The van der Waals surface area contributed by atoms with Gasteiger partial charge >= 0.3 is 6.18 Å². The lowest BCUT2D eigenvalue weighted by Crippen LogP contribution is -2.42. The fourth-order valence-corrected chi connectivity index (χ4v) is 3.38. The number of hydrazine groups is 2. The summed E-state index contributed by atoms with van der Waals surface area (Å²) in [6.07, 6.45) is 8.80. The molecule has 1 aliphatic heterocycles. The zero-order valence-electron chi connectivity index (χ0n) is 16.0. The van der Waals surface area contributed by atoms with Gasteiger partial charge in [-0.05, 0) is 37.8 Å². The van der Waals surface area contributed by atoms with Gasteiger partial charge in [-0.15, -0.1) is 5.53 Å². The van der Waals surface area contributed by atoms with E-state index in [1.165, 1.54) is 23.4 Å². The van der Waals surface area contributed by atoms with Gasteiger partial charge in [-0.3, -0.25) is 5.01 Å². The monoisotopic (exact) mass is 392 g/mol. The lowest BCUT2D eigenvalue weighted by molar-refractivity contribution is -0.136. The van der Waals surface area contributed by atoms with Crippen molar-refractivity contribution in [3.05, 3.63) is 65.5 Å². The molecule has 0 amide bonds. The summed E-state index contributed by atoms with van der Waals surface area (Å²) in [6.45, 7) is 2.63. The summed E-state index contributed by atoms with van der Waals surface area (Å²) >= 11 is 0. The first-order valence-electron chi connectivity index (χ1n) is 9.74. The minimum Gasteiger partial charge on any atom is -0.384 e. The fraction of sp³-hybridized carbons (Fsp3) is 0.429. The van der Waals surface area contributed by atoms with Gasteiger partial charge in [0.25, 0.3) is 0 Å². The largest absolute Gasteiger partial charge is 0.418 e. The minimum atomic E-state index is -4.35. The Morgan fingerprint density at radius 1 is 1.21 bits per heavy atom. The maximum Gasteiger partial charge on any atom is 0.418 e. The number of rotatable bonds is 8. The molecule has 0 radical (unpaired) electrons. The van der Waals surface area contributed by atoms with Crippen molar-refractivity contribution in [2.24, 2.45) is 0 Å². The van der Waals surface area contributed by atoms with Crippen LogP contribution in [0, 0.1) is 0 Å². The molecule has 1 unspecified atom stereocenters. The van der Waals surface area contributed by atoms with Gasteiger partial charge in [-0.2, -0.15) is 13.2 Å². The molecule has 4 nitrogen and oxygen atoms in total. The van der Waals surface area contributed by atoms with Crippen molar-refractivity contribution in [2.45, 2.75) is 51.2 Å². The van der Waals surface area contributed by atoms with Gasteiger partial charge in [0.15, 0.2) is 0 Å². The third-order valence-electron chi connectivity index (χ3n) is 4.93. The average molecular weight is 392 g/mol. The van der Waals surface area contributed by atoms with Crippen LogP contribution in [0.5, 0.6) is 0 Å². The minimum absolute atomic E-state index is 0.132. The van der Waals surface area contributed by atoms with Gasteiger partial charge in [-0.1, -0.05) is 49.3 Å². The molecule has 28 heavy (non-hydrogen) atoms. The van der Waals surface area contributed by atoms with E-state index in [-0.39, 0.29) is 11.7 Å². The number of nitrogens with one attached hydrogen (secondary N) is 3. The molecule has 152 valence electrons. The highest BCUT2D eigenvalue weighted by molar-refractivity contribution is 5.52. The second-order valence-corrected chi connectivity index (χ2v) is 7.10. The van der Waals surface area contributed by atoms with Crippen molar-refractivity contribution in [1.29, 1.82) is 0 Å². The Kier molecular flexibility index (Phi) is 6.67. The topological polar surface area (TPSA) is 39.3 Å². The summed E-state index contributed by atoms with van der Waals surface area (Å²) < 4.78 is 39.2. The zero-order chi connectivity index (χ0) is 20.0. The molecule has 0 aromatic heterocycles. The molecule has 1 aromatic carbocycles. The van der Waals surface area contributed by atoms with E-state index >= 15 is 0 Å². The normalized spacial score (nSPS) is 19.3. The zero-order valence-corrected chi connectivity index (χ0v) is 16.0. The highest BCUT2D eigenvalue weighted by Gasteiger charge is 2.33. The first-order chi connectivity index (χ1) is 13.5. The average Bonchev–Trinajstić information content (AvgIpc) is 3.15. The molecule has 1 aliphatic carbocycles. The van der Waals surface area contributed by atoms with E-state index in [2.05, 4.69) is 46.6 Å². The van der Waals surface area contributed by atoms with Crippen LogP contribution in [0.4, 0.5) is 18.9 Å². The van der Waals surface area contributed by atoms with Crippen LogP contribution >= 0.6 is 0 Å². The number of nitrogens with zero attached hydrogens (tertiary/aromatic N) is 1. The molecule has 2 aliphatic rings. The molecule has 1 atom stereocenters. The number of benzene rings is 1. The predicted molar refractivity (Wildman–Crippen MR) is 106 cm³/mol. The van der Waals surface area contributed by atoms with Crippen LogP contribution in [0.25, 0.3) is 0 Å². The summed E-state index contributed by atoms with van der Waals surface area (Å²) in [4.78, 5) is 0. The molecule has 1 heterocycles. The predicted octanol–water partition coefficient (Wildman–Crippen LogP) is 5.12. The Hall–Kier alpha value is -2.41. The molecule has 0 saturated heterocycles. The van der Waals surface area contributed by atoms with Crippen molar-refractivity contribution in [3.63, 3.8) is 0 Å². The molecule has 3 rings (SSSR count). The number of unbranched alkanes of at least 4 members (excludes halogenated alkanes) is 1. The molecule has 0 fully saturated rings. The first-order valence-corrected chi connectivity index (χ1v) is 9.74. The summed E-state index contributed by atoms with van der Waals surface area (Å²) in [5.41, 5.74) is 8.28. The summed E-state index contributed by atoms with van der Waals surface area (Å²) in [6, 6.07) is 5.80. The molecule has 7 heteroatoms. The molecule has 0 spiro atoms. The number of anilines is 1.